The van der Waals surface area contributed by atoms with E-state index in [9.17, 15) is 19.2 Å². The average Bonchev–Trinajstić information content (AvgIpc) is 3.76. The molecule has 228 valence electrons. The minimum atomic E-state index is -0.423. The second-order valence-electron chi connectivity index (χ2n) is 12.2. The molecule has 0 spiro atoms. The van der Waals surface area contributed by atoms with Crippen LogP contribution in [0.4, 0.5) is 11.4 Å². The van der Waals surface area contributed by atoms with Gasteiger partial charge in [0.05, 0.1) is 22.5 Å². The van der Waals surface area contributed by atoms with Gasteiger partial charge in [-0.1, -0.05) is 53.3 Å². The number of ether oxygens (including phenoxy) is 1. The predicted molar refractivity (Wildman–Crippen MR) is 174 cm³/mol. The number of H-pyrrole nitrogens is 1. The predicted octanol–water partition coefficient (Wildman–Crippen LogP) is 6.09. The Labute approximate surface area is 272 Å². The highest BCUT2D eigenvalue weighted by Crippen LogP contribution is 2.69. The summed E-state index contributed by atoms with van der Waals surface area (Å²) < 4.78 is 6.17. The standard InChI is InChI=1S/C34H28ClN3O5S2/c1-16-5-4-6-18(13-16)36-24(39)15-43-23-8-3-2-7-20(23)25-26-21-14-22(29(26)44-31-30(25)45-34(42)37-31)28-27(21)32(40)38(33(28)41)19-11-9-17(35)10-12-19/h2-13,21-22,25-29H,14-15H2,1H3,(H,36,39)(H,37,42)/t21?,22?,25-,26?,27?,28?,29?/m1/s1. The molecule has 3 fully saturated rings. The van der Waals surface area contributed by atoms with Gasteiger partial charge in [0.2, 0.25) is 11.8 Å². The number of fused-ring (bicyclic) bond motifs is 9. The van der Waals surface area contributed by atoms with Crippen molar-refractivity contribution in [2.45, 2.75) is 29.5 Å². The smallest absolute Gasteiger partial charge is 0.305 e. The van der Waals surface area contributed by atoms with Gasteiger partial charge in [-0.25, -0.2) is 0 Å². The van der Waals surface area contributed by atoms with Gasteiger partial charge in [0.1, 0.15) is 5.75 Å². The molecule has 4 aliphatic rings. The number of hydrogen-bond acceptors (Lipinski definition) is 7. The number of hydrogen-bond donors (Lipinski definition) is 2. The summed E-state index contributed by atoms with van der Waals surface area (Å²) in [6, 6.07) is 22.0. The van der Waals surface area contributed by atoms with Crippen molar-refractivity contribution in [2.24, 2.45) is 29.6 Å². The van der Waals surface area contributed by atoms with Gasteiger partial charge in [0, 0.05) is 32.3 Å². The first kappa shape index (κ1) is 28.6. The molecule has 0 radical (unpaired) electrons. The zero-order chi connectivity index (χ0) is 31.0. The number of halogens is 1. The van der Waals surface area contributed by atoms with E-state index in [0.29, 0.717) is 22.1 Å². The lowest BCUT2D eigenvalue weighted by atomic mass is 9.68. The Hall–Kier alpha value is -3.86. The van der Waals surface area contributed by atoms with Gasteiger partial charge < -0.3 is 15.0 Å². The number of para-hydroxylation sites is 1. The van der Waals surface area contributed by atoms with Crippen LogP contribution in [0.2, 0.25) is 5.02 Å². The molecule has 4 aromatic rings. The van der Waals surface area contributed by atoms with Gasteiger partial charge in [-0.2, -0.15) is 0 Å². The van der Waals surface area contributed by atoms with Crippen molar-refractivity contribution in [1.29, 1.82) is 0 Å². The van der Waals surface area contributed by atoms with Crippen LogP contribution in [0.1, 0.15) is 28.3 Å². The third-order valence-corrected chi connectivity index (χ3v) is 12.6. The molecule has 3 heterocycles. The van der Waals surface area contributed by atoms with Crippen LogP contribution in [-0.2, 0) is 14.4 Å². The van der Waals surface area contributed by atoms with Gasteiger partial charge in [-0.3, -0.25) is 24.1 Å². The molecule has 45 heavy (non-hydrogen) atoms. The minimum Gasteiger partial charge on any atom is -0.483 e. The lowest BCUT2D eigenvalue weighted by Crippen LogP contribution is -2.42. The highest BCUT2D eigenvalue weighted by molar-refractivity contribution is 8.00. The number of benzene rings is 3. The fourth-order valence-corrected chi connectivity index (χ4v) is 11.1. The van der Waals surface area contributed by atoms with Crippen molar-refractivity contribution < 1.29 is 19.1 Å². The number of amides is 3. The molecule has 8 nitrogen and oxygen atoms in total. The number of aryl methyl sites for hydroxylation is 1. The van der Waals surface area contributed by atoms with Crippen LogP contribution >= 0.6 is 34.7 Å². The summed E-state index contributed by atoms with van der Waals surface area (Å²) in [5.74, 6) is -1.10. The quantitative estimate of drug-likeness (QED) is 0.243. The summed E-state index contributed by atoms with van der Waals surface area (Å²) in [4.78, 5) is 58.6. The molecule has 2 aliphatic heterocycles. The van der Waals surface area contributed by atoms with Gasteiger partial charge in [-0.15, -0.1) is 11.8 Å². The fourth-order valence-electron chi connectivity index (χ4n) is 8.14. The van der Waals surface area contributed by atoms with E-state index in [1.807, 2.05) is 55.5 Å². The summed E-state index contributed by atoms with van der Waals surface area (Å²) in [6.07, 6.45) is 0.779. The largest absolute Gasteiger partial charge is 0.483 e. The van der Waals surface area contributed by atoms with Gasteiger partial charge in [-0.05, 0) is 79.1 Å². The van der Waals surface area contributed by atoms with E-state index in [2.05, 4.69) is 10.3 Å². The summed E-state index contributed by atoms with van der Waals surface area (Å²) >= 11 is 8.92. The molecule has 1 aromatic heterocycles. The normalized spacial score (nSPS) is 27.7. The van der Waals surface area contributed by atoms with E-state index >= 15 is 0 Å². The summed E-state index contributed by atoms with van der Waals surface area (Å²) in [5, 5.41) is 4.29. The van der Waals surface area contributed by atoms with Crippen molar-refractivity contribution in [3.8, 4) is 5.75 Å². The molecule has 3 aromatic carbocycles. The molecule has 2 N–H and O–H groups in total. The number of carbonyl (C=O) groups excluding carboxylic acids is 3. The zero-order valence-corrected chi connectivity index (χ0v) is 26.5. The summed E-state index contributed by atoms with van der Waals surface area (Å²) in [7, 11) is 0. The second kappa shape index (κ2) is 10.9. The van der Waals surface area contributed by atoms with Crippen LogP contribution < -0.4 is 19.8 Å². The molecule has 6 unspecified atom stereocenters. The SMILES string of the molecule is Cc1cccc(NC(=O)COc2ccccc2[C@H]2c3sc(=O)[nH]c3SC3C4CC(C5C(=O)N(c6ccc(Cl)cc6)C(=O)C45)C32)c1. The van der Waals surface area contributed by atoms with Crippen molar-refractivity contribution in [3.63, 3.8) is 0 Å². The van der Waals surface area contributed by atoms with Crippen LogP contribution in [0.15, 0.2) is 82.6 Å². The minimum absolute atomic E-state index is 0.00371. The first-order valence-corrected chi connectivity index (χ1v) is 17.0. The Kier molecular flexibility index (Phi) is 6.92. The van der Waals surface area contributed by atoms with E-state index in [4.69, 9.17) is 16.3 Å². The molecule has 1 saturated heterocycles. The monoisotopic (exact) mass is 657 g/mol. The number of thiazole rings is 1. The molecule has 2 saturated carbocycles. The van der Waals surface area contributed by atoms with Crippen LogP contribution in [0.5, 0.6) is 5.75 Å². The molecular formula is C34H28ClN3O5S2. The highest BCUT2D eigenvalue weighted by Gasteiger charge is 2.69. The van der Waals surface area contributed by atoms with E-state index in [1.54, 1.807) is 36.0 Å². The van der Waals surface area contributed by atoms with Crippen molar-refractivity contribution in [2.75, 3.05) is 16.8 Å². The Bertz CT molecular complexity index is 1920. The lowest BCUT2D eigenvalue weighted by molar-refractivity contribution is -0.123. The van der Waals surface area contributed by atoms with Crippen molar-refractivity contribution in [1.82, 2.24) is 4.98 Å². The molecule has 8 rings (SSSR count). The number of nitrogens with zero attached hydrogens (tertiary/aromatic N) is 1. The average molecular weight is 658 g/mol. The van der Waals surface area contributed by atoms with E-state index in [-0.39, 0.29) is 58.1 Å². The van der Waals surface area contributed by atoms with Gasteiger partial charge in [0.25, 0.3) is 5.91 Å². The number of aromatic nitrogens is 1. The number of anilines is 2. The van der Waals surface area contributed by atoms with Gasteiger partial charge >= 0.3 is 4.87 Å². The van der Waals surface area contributed by atoms with Crippen molar-refractivity contribution in [3.05, 3.63) is 103 Å². The zero-order valence-electron chi connectivity index (χ0n) is 24.1. The molecule has 7 atom stereocenters. The Morgan fingerprint density at radius 3 is 2.53 bits per heavy atom. The van der Waals surface area contributed by atoms with Crippen LogP contribution in [-0.4, -0.2) is 34.6 Å². The Morgan fingerprint density at radius 2 is 1.76 bits per heavy atom. The van der Waals surface area contributed by atoms with E-state index < -0.39 is 11.8 Å². The third kappa shape index (κ3) is 4.64. The topological polar surface area (TPSA) is 109 Å². The third-order valence-electron chi connectivity index (χ3n) is 9.72. The molecule has 2 bridgehead atoms. The van der Waals surface area contributed by atoms with Crippen LogP contribution in [0.3, 0.4) is 0 Å². The number of imide groups is 1. The maximum atomic E-state index is 14.0. The van der Waals surface area contributed by atoms with Crippen LogP contribution in [0, 0.1) is 36.5 Å². The van der Waals surface area contributed by atoms with Gasteiger partial charge in [0.15, 0.2) is 6.61 Å². The lowest BCUT2D eigenvalue weighted by Gasteiger charge is -2.43. The molecule has 3 amide bonds. The number of rotatable bonds is 6. The Morgan fingerprint density at radius 1 is 1.00 bits per heavy atom. The maximum absolute atomic E-state index is 14.0. The van der Waals surface area contributed by atoms with Crippen LogP contribution in [0.25, 0.3) is 0 Å². The molecule has 11 heteroatoms. The van der Waals surface area contributed by atoms with E-state index in [1.165, 1.54) is 16.2 Å². The maximum Gasteiger partial charge on any atom is 0.305 e. The van der Waals surface area contributed by atoms with E-state index in [0.717, 1.165) is 27.5 Å². The molecule has 2 aliphatic carbocycles. The molecular weight excluding hydrogens is 630 g/mol. The second-order valence-corrected chi connectivity index (χ2v) is 14.8. The fraction of sp³-hybridized carbons (Fsp3) is 0.294. The number of thioether (sulfide) groups is 1. The highest BCUT2D eigenvalue weighted by atomic mass is 35.5. The number of nitrogens with one attached hydrogen (secondary N) is 2. The summed E-state index contributed by atoms with van der Waals surface area (Å²) in [5.41, 5.74) is 3.16. The van der Waals surface area contributed by atoms with Crippen molar-refractivity contribution >= 4 is 63.8 Å². The first-order chi connectivity index (χ1) is 21.8. The number of aromatic amines is 1. The Balaban J connectivity index is 1.12. The summed E-state index contributed by atoms with van der Waals surface area (Å²) in [6.45, 7) is 1.78. The number of carbonyl (C=O) groups is 3. The first-order valence-electron chi connectivity index (χ1n) is 14.9.